The highest BCUT2D eigenvalue weighted by Gasteiger charge is 2.23. The zero-order chi connectivity index (χ0) is 21.6. The van der Waals surface area contributed by atoms with Gasteiger partial charge < -0.3 is 0 Å². The quantitative estimate of drug-likeness (QED) is 0.376. The van der Waals surface area contributed by atoms with E-state index >= 15 is 0 Å². The highest BCUT2D eigenvalue weighted by molar-refractivity contribution is 4.88. The zero-order valence-electron chi connectivity index (χ0n) is 18.0. The Hall–Kier alpha value is -2.74. The van der Waals surface area contributed by atoms with Gasteiger partial charge in [-0.2, -0.15) is 10.2 Å². The van der Waals surface area contributed by atoms with E-state index in [0.717, 1.165) is 52.4 Å². The largest absolute Gasteiger partial charge is 0.295 e. The lowest BCUT2D eigenvalue weighted by Gasteiger charge is -2.35. The number of hydrogen-bond acceptors (Lipinski definition) is 5. The standard InChI is InChI=1S/C23H35N7/c1-5-13-26(14-6-2)19-21-28(22-20-27(15-7-3)16-8-4)23(29-17-9-11-24-29)30-18-10-12-25-30/h5-12,17-18,23H,1-4,13-16,19-22H2. The van der Waals surface area contributed by atoms with Crippen molar-refractivity contribution < 1.29 is 0 Å². The molecule has 2 heterocycles. The van der Waals surface area contributed by atoms with Gasteiger partial charge in [-0.05, 0) is 12.1 Å². The maximum atomic E-state index is 4.52. The summed E-state index contributed by atoms with van der Waals surface area (Å²) in [5.41, 5.74) is 0. The minimum absolute atomic E-state index is 0.140. The third-order valence-corrected chi connectivity index (χ3v) is 4.81. The Morgan fingerprint density at radius 3 is 1.37 bits per heavy atom. The monoisotopic (exact) mass is 409 g/mol. The lowest BCUT2D eigenvalue weighted by molar-refractivity contribution is 0.0697. The van der Waals surface area contributed by atoms with Crippen molar-refractivity contribution in [1.29, 1.82) is 0 Å². The van der Waals surface area contributed by atoms with Crippen LogP contribution in [0.15, 0.2) is 87.5 Å². The van der Waals surface area contributed by atoms with Gasteiger partial charge in [-0.15, -0.1) is 26.3 Å². The Kier molecular flexibility index (Phi) is 10.6. The molecule has 162 valence electrons. The molecular formula is C23H35N7. The summed E-state index contributed by atoms with van der Waals surface area (Å²) in [7, 11) is 0. The number of hydrogen-bond donors (Lipinski definition) is 0. The Balaban J connectivity index is 2.23. The van der Waals surface area contributed by atoms with Crippen molar-refractivity contribution >= 4 is 0 Å². The van der Waals surface area contributed by atoms with Gasteiger partial charge in [-0.1, -0.05) is 24.3 Å². The van der Waals surface area contributed by atoms with E-state index in [-0.39, 0.29) is 6.29 Å². The summed E-state index contributed by atoms with van der Waals surface area (Å²) in [6.45, 7) is 22.3. The Morgan fingerprint density at radius 2 is 1.07 bits per heavy atom. The molecule has 0 atom stereocenters. The molecule has 0 N–H and O–H groups in total. The van der Waals surface area contributed by atoms with Crippen LogP contribution < -0.4 is 0 Å². The molecule has 0 unspecified atom stereocenters. The molecule has 2 aromatic heterocycles. The van der Waals surface area contributed by atoms with Gasteiger partial charge in [-0.25, -0.2) is 9.36 Å². The summed E-state index contributed by atoms with van der Waals surface area (Å²) in [5, 5.41) is 9.03. The first-order chi connectivity index (χ1) is 14.7. The average molecular weight is 410 g/mol. The van der Waals surface area contributed by atoms with E-state index in [1.54, 1.807) is 12.4 Å². The second-order valence-corrected chi connectivity index (χ2v) is 7.03. The topological polar surface area (TPSA) is 45.4 Å². The molecule has 2 aromatic rings. The maximum absolute atomic E-state index is 4.52. The predicted octanol–water partition coefficient (Wildman–Crippen LogP) is 2.73. The van der Waals surface area contributed by atoms with Crippen molar-refractivity contribution in [3.05, 3.63) is 87.5 Å². The Morgan fingerprint density at radius 1 is 0.667 bits per heavy atom. The van der Waals surface area contributed by atoms with Crippen LogP contribution >= 0.6 is 0 Å². The van der Waals surface area contributed by atoms with Crippen molar-refractivity contribution in [2.45, 2.75) is 6.29 Å². The van der Waals surface area contributed by atoms with Crippen LogP contribution in [0.1, 0.15) is 6.29 Å². The summed E-state index contributed by atoms with van der Waals surface area (Å²) in [6.07, 6.45) is 15.2. The highest BCUT2D eigenvalue weighted by atomic mass is 15.6. The first-order valence-corrected chi connectivity index (χ1v) is 10.3. The molecule has 0 amide bonds. The second kappa shape index (κ2) is 13.5. The van der Waals surface area contributed by atoms with Crippen LogP contribution in [0.3, 0.4) is 0 Å². The molecule has 7 heteroatoms. The molecule has 0 fully saturated rings. The normalized spacial score (nSPS) is 11.5. The molecule has 0 aromatic carbocycles. The first-order valence-electron chi connectivity index (χ1n) is 10.3. The lowest BCUT2D eigenvalue weighted by atomic mass is 10.3. The van der Waals surface area contributed by atoms with Crippen LogP contribution in [-0.4, -0.2) is 86.6 Å². The summed E-state index contributed by atoms with van der Waals surface area (Å²) in [6, 6.07) is 3.89. The van der Waals surface area contributed by atoms with E-state index in [1.165, 1.54) is 0 Å². The Bertz CT molecular complexity index is 653. The molecule has 0 bridgehead atoms. The van der Waals surface area contributed by atoms with E-state index in [1.807, 2.05) is 58.2 Å². The fourth-order valence-electron chi connectivity index (χ4n) is 3.42. The van der Waals surface area contributed by atoms with Gasteiger partial charge in [0.05, 0.1) is 0 Å². The smallest absolute Gasteiger partial charge is 0.199 e. The van der Waals surface area contributed by atoms with Gasteiger partial charge in [0.15, 0.2) is 6.29 Å². The molecule has 0 aliphatic rings. The third-order valence-electron chi connectivity index (χ3n) is 4.81. The van der Waals surface area contributed by atoms with Crippen LogP contribution in [0.4, 0.5) is 0 Å². The van der Waals surface area contributed by atoms with Gasteiger partial charge in [0, 0.05) is 77.1 Å². The summed E-state index contributed by atoms with van der Waals surface area (Å²) in [5.74, 6) is 0. The van der Waals surface area contributed by atoms with Crippen LogP contribution in [0.5, 0.6) is 0 Å². The number of nitrogens with zero attached hydrogens (tertiary/aromatic N) is 7. The van der Waals surface area contributed by atoms with Gasteiger partial charge in [0.25, 0.3) is 0 Å². The van der Waals surface area contributed by atoms with Gasteiger partial charge >= 0.3 is 0 Å². The molecule has 0 aliphatic carbocycles. The van der Waals surface area contributed by atoms with Gasteiger partial charge in [-0.3, -0.25) is 14.7 Å². The highest BCUT2D eigenvalue weighted by Crippen LogP contribution is 2.15. The van der Waals surface area contributed by atoms with Crippen LogP contribution in [0, 0.1) is 0 Å². The summed E-state index contributed by atoms with van der Waals surface area (Å²) in [4.78, 5) is 7.04. The minimum atomic E-state index is -0.140. The maximum Gasteiger partial charge on any atom is 0.199 e. The van der Waals surface area contributed by atoms with E-state index in [2.05, 4.69) is 51.2 Å². The first kappa shape index (κ1) is 23.5. The second-order valence-electron chi connectivity index (χ2n) is 7.03. The molecule has 0 spiro atoms. The molecule has 30 heavy (non-hydrogen) atoms. The van der Waals surface area contributed by atoms with Crippen LogP contribution in [0.2, 0.25) is 0 Å². The average Bonchev–Trinajstić information content (AvgIpc) is 3.45. The van der Waals surface area contributed by atoms with E-state index in [9.17, 15) is 0 Å². The third kappa shape index (κ3) is 7.26. The molecule has 2 rings (SSSR count). The van der Waals surface area contributed by atoms with E-state index in [4.69, 9.17) is 0 Å². The molecular weight excluding hydrogens is 374 g/mol. The van der Waals surface area contributed by atoms with Crippen molar-refractivity contribution in [3.8, 4) is 0 Å². The lowest BCUT2D eigenvalue weighted by Crippen LogP contribution is -2.46. The van der Waals surface area contributed by atoms with Crippen molar-refractivity contribution in [2.75, 3.05) is 52.4 Å². The molecule has 0 saturated heterocycles. The molecule has 0 aliphatic heterocycles. The van der Waals surface area contributed by atoms with Crippen LogP contribution in [0.25, 0.3) is 0 Å². The summed E-state index contributed by atoms with van der Waals surface area (Å²) < 4.78 is 3.90. The van der Waals surface area contributed by atoms with Crippen molar-refractivity contribution in [1.82, 2.24) is 34.3 Å². The van der Waals surface area contributed by atoms with E-state index < -0.39 is 0 Å². The zero-order valence-corrected chi connectivity index (χ0v) is 18.0. The Labute approximate surface area is 180 Å². The number of rotatable bonds is 17. The molecule has 0 saturated carbocycles. The number of aromatic nitrogens is 4. The summed E-state index contributed by atoms with van der Waals surface area (Å²) >= 11 is 0. The molecule has 0 radical (unpaired) electrons. The molecule has 7 nitrogen and oxygen atoms in total. The van der Waals surface area contributed by atoms with Gasteiger partial charge in [0.2, 0.25) is 0 Å². The van der Waals surface area contributed by atoms with Crippen molar-refractivity contribution in [2.24, 2.45) is 0 Å². The van der Waals surface area contributed by atoms with Crippen molar-refractivity contribution in [3.63, 3.8) is 0 Å². The minimum Gasteiger partial charge on any atom is -0.295 e. The fourth-order valence-corrected chi connectivity index (χ4v) is 3.42. The SMILES string of the molecule is C=CCN(CC=C)CCN(CCN(CC=C)CC=C)C(n1cccn1)n1cccn1. The fraction of sp³-hybridized carbons (Fsp3) is 0.391. The predicted molar refractivity (Wildman–Crippen MR) is 124 cm³/mol. The van der Waals surface area contributed by atoms with Crippen LogP contribution in [-0.2, 0) is 0 Å². The van der Waals surface area contributed by atoms with Gasteiger partial charge in [0.1, 0.15) is 0 Å². The van der Waals surface area contributed by atoms with E-state index in [0.29, 0.717) is 0 Å².